The van der Waals surface area contributed by atoms with Crippen molar-refractivity contribution in [1.29, 1.82) is 0 Å². The average molecular weight is 445 g/mol. The molecule has 3 atom stereocenters. The van der Waals surface area contributed by atoms with Crippen molar-refractivity contribution >= 4 is 17.9 Å². The van der Waals surface area contributed by atoms with Crippen molar-refractivity contribution in [2.24, 2.45) is 16.7 Å². The Labute approximate surface area is 188 Å². The molecule has 1 aromatic rings. The smallest absolute Gasteiger partial charge is 0.324 e. The van der Waals surface area contributed by atoms with Gasteiger partial charge in [-0.1, -0.05) is 31.4 Å². The van der Waals surface area contributed by atoms with Crippen LogP contribution in [-0.2, 0) is 28.6 Å². The zero-order chi connectivity index (χ0) is 22.9. The van der Waals surface area contributed by atoms with E-state index in [0.29, 0.717) is 11.3 Å². The first kappa shape index (κ1) is 22.6. The van der Waals surface area contributed by atoms with E-state index in [4.69, 9.17) is 18.9 Å². The fourth-order valence-corrected chi connectivity index (χ4v) is 6.24. The summed E-state index contributed by atoms with van der Waals surface area (Å²) in [5.74, 6) is -2.24. The lowest BCUT2D eigenvalue weighted by Crippen LogP contribution is -2.68. The second kappa shape index (κ2) is 8.75. The quantitative estimate of drug-likeness (QED) is 0.375. The molecule has 2 aliphatic carbocycles. The van der Waals surface area contributed by atoms with Crippen molar-refractivity contribution in [3.8, 4) is 5.75 Å². The molecule has 2 saturated carbocycles. The molecule has 7 nitrogen and oxygen atoms in total. The number of carbonyl (C=O) groups excluding carboxylic acids is 3. The molecule has 4 rings (SSSR count). The molecule has 7 heteroatoms. The number of rotatable bonds is 6. The third kappa shape index (κ3) is 3.37. The van der Waals surface area contributed by atoms with Crippen LogP contribution in [0.5, 0.6) is 5.75 Å². The molecule has 1 saturated heterocycles. The van der Waals surface area contributed by atoms with Crippen molar-refractivity contribution in [3.63, 3.8) is 0 Å². The SMILES string of the molecule is CCOC(=O)C1(C(=O)OCC)CC2(CCCCC2)[C@H]2OC(=O)[C@H]2[C@@H]1c1ccc(OC)cc1. The van der Waals surface area contributed by atoms with Crippen LogP contribution in [0.2, 0.25) is 0 Å². The summed E-state index contributed by atoms with van der Waals surface area (Å²) in [6, 6.07) is 7.19. The normalized spacial score (nSPS) is 27.5. The van der Waals surface area contributed by atoms with E-state index in [0.717, 1.165) is 32.1 Å². The largest absolute Gasteiger partial charge is 0.497 e. The predicted molar refractivity (Wildman–Crippen MR) is 115 cm³/mol. The number of benzene rings is 1. The van der Waals surface area contributed by atoms with Crippen LogP contribution >= 0.6 is 0 Å². The topological polar surface area (TPSA) is 88.1 Å². The van der Waals surface area contributed by atoms with Crippen LogP contribution < -0.4 is 4.74 Å². The lowest BCUT2D eigenvalue weighted by atomic mass is 9.46. The molecule has 174 valence electrons. The van der Waals surface area contributed by atoms with Crippen LogP contribution in [0.1, 0.15) is 63.9 Å². The first-order chi connectivity index (χ1) is 15.4. The Hall–Kier alpha value is -2.57. The lowest BCUT2D eigenvalue weighted by Gasteiger charge is -2.60. The Morgan fingerprint density at radius 3 is 2.09 bits per heavy atom. The molecule has 0 amide bonds. The number of methoxy groups -OCH3 is 1. The summed E-state index contributed by atoms with van der Waals surface area (Å²) in [5.41, 5.74) is -1.30. The zero-order valence-corrected chi connectivity index (χ0v) is 19.1. The maximum absolute atomic E-state index is 13.7. The van der Waals surface area contributed by atoms with E-state index in [1.165, 1.54) is 0 Å². The highest BCUT2D eigenvalue weighted by Gasteiger charge is 2.73. The Balaban J connectivity index is 1.90. The van der Waals surface area contributed by atoms with Gasteiger partial charge in [0.2, 0.25) is 0 Å². The highest BCUT2D eigenvalue weighted by Crippen LogP contribution is 2.65. The summed E-state index contributed by atoms with van der Waals surface area (Å²) in [7, 11) is 1.57. The van der Waals surface area contributed by atoms with Gasteiger partial charge in [-0.2, -0.15) is 0 Å². The van der Waals surface area contributed by atoms with Gasteiger partial charge in [-0.15, -0.1) is 0 Å². The fraction of sp³-hybridized carbons (Fsp3) is 0.640. The molecular weight excluding hydrogens is 412 g/mol. The van der Waals surface area contributed by atoms with Gasteiger partial charge >= 0.3 is 17.9 Å². The predicted octanol–water partition coefficient (Wildman–Crippen LogP) is 3.79. The van der Waals surface area contributed by atoms with Gasteiger partial charge in [-0.25, -0.2) is 0 Å². The number of ether oxygens (including phenoxy) is 4. The molecule has 1 aliphatic heterocycles. The van der Waals surface area contributed by atoms with E-state index in [1.54, 1.807) is 33.1 Å². The van der Waals surface area contributed by atoms with Crippen molar-refractivity contribution in [2.45, 2.75) is 64.4 Å². The van der Waals surface area contributed by atoms with E-state index in [9.17, 15) is 14.4 Å². The third-order valence-electron chi connectivity index (χ3n) is 7.57. The Bertz CT molecular complexity index is 851. The Morgan fingerprint density at radius 2 is 1.59 bits per heavy atom. The third-order valence-corrected chi connectivity index (χ3v) is 7.57. The highest BCUT2D eigenvalue weighted by atomic mass is 16.6. The number of carbonyl (C=O) groups is 3. The van der Waals surface area contributed by atoms with Crippen LogP contribution in [0.4, 0.5) is 0 Å². The van der Waals surface area contributed by atoms with Crippen molar-refractivity contribution in [2.75, 3.05) is 20.3 Å². The second-order valence-corrected chi connectivity index (χ2v) is 9.15. The van der Waals surface area contributed by atoms with Crippen molar-refractivity contribution < 1.29 is 33.3 Å². The number of hydrogen-bond donors (Lipinski definition) is 0. The van der Waals surface area contributed by atoms with Crippen molar-refractivity contribution in [1.82, 2.24) is 0 Å². The zero-order valence-electron chi connectivity index (χ0n) is 19.1. The van der Waals surface area contributed by atoms with Crippen LogP contribution in [0.3, 0.4) is 0 Å². The molecule has 0 N–H and O–H groups in total. The summed E-state index contributed by atoms with van der Waals surface area (Å²) in [5, 5.41) is 0. The van der Waals surface area contributed by atoms with Gasteiger partial charge in [-0.05, 0) is 50.8 Å². The van der Waals surface area contributed by atoms with E-state index in [-0.39, 0.29) is 31.7 Å². The minimum Gasteiger partial charge on any atom is -0.497 e. The molecule has 1 spiro atoms. The molecule has 0 aromatic heterocycles. The van der Waals surface area contributed by atoms with Gasteiger partial charge in [0.1, 0.15) is 17.8 Å². The van der Waals surface area contributed by atoms with E-state index < -0.39 is 34.6 Å². The summed E-state index contributed by atoms with van der Waals surface area (Å²) < 4.78 is 22.0. The molecule has 1 aromatic carbocycles. The second-order valence-electron chi connectivity index (χ2n) is 9.15. The van der Waals surface area contributed by atoms with Gasteiger partial charge in [0.15, 0.2) is 5.41 Å². The first-order valence-electron chi connectivity index (χ1n) is 11.6. The molecular formula is C25H32O7. The van der Waals surface area contributed by atoms with Gasteiger partial charge in [-0.3, -0.25) is 14.4 Å². The number of esters is 3. The molecule has 0 unspecified atom stereocenters. The standard InChI is InChI=1S/C25H32O7/c1-4-30-22(27)25(23(28)31-5-2)15-24(13-7-6-8-14-24)20-18(21(26)32-20)19(25)16-9-11-17(29-3)12-10-16/h9-12,18-20H,4-8,13-15H2,1-3H3/t18-,19-,20-/m0/s1. The van der Waals surface area contributed by atoms with Gasteiger partial charge in [0.25, 0.3) is 0 Å². The van der Waals surface area contributed by atoms with Gasteiger partial charge < -0.3 is 18.9 Å². The maximum Gasteiger partial charge on any atom is 0.324 e. The van der Waals surface area contributed by atoms with Crippen LogP contribution in [0.15, 0.2) is 24.3 Å². The Morgan fingerprint density at radius 1 is 1.00 bits per heavy atom. The first-order valence-corrected chi connectivity index (χ1v) is 11.6. The molecule has 0 radical (unpaired) electrons. The summed E-state index contributed by atoms with van der Waals surface area (Å²) in [6.45, 7) is 3.72. The molecule has 1 heterocycles. The molecule has 3 aliphatic rings. The van der Waals surface area contributed by atoms with E-state index in [1.807, 2.05) is 12.1 Å². The van der Waals surface area contributed by atoms with Gasteiger partial charge in [0, 0.05) is 11.3 Å². The lowest BCUT2D eigenvalue weighted by molar-refractivity contribution is -0.240. The van der Waals surface area contributed by atoms with Crippen LogP contribution in [0, 0.1) is 16.7 Å². The monoisotopic (exact) mass is 444 g/mol. The summed E-state index contributed by atoms with van der Waals surface area (Å²) >= 11 is 0. The van der Waals surface area contributed by atoms with Crippen molar-refractivity contribution in [3.05, 3.63) is 29.8 Å². The molecule has 32 heavy (non-hydrogen) atoms. The minimum atomic E-state index is -1.60. The Kier molecular flexibility index (Phi) is 6.19. The summed E-state index contributed by atoms with van der Waals surface area (Å²) in [4.78, 5) is 40.2. The van der Waals surface area contributed by atoms with Crippen LogP contribution in [0.25, 0.3) is 0 Å². The fourth-order valence-electron chi connectivity index (χ4n) is 6.24. The average Bonchev–Trinajstić information content (AvgIpc) is 2.80. The van der Waals surface area contributed by atoms with Gasteiger partial charge in [0.05, 0.1) is 20.3 Å². The maximum atomic E-state index is 13.7. The van der Waals surface area contributed by atoms with Crippen LogP contribution in [-0.4, -0.2) is 44.3 Å². The highest BCUT2D eigenvalue weighted by molar-refractivity contribution is 6.03. The number of hydrogen-bond acceptors (Lipinski definition) is 7. The van der Waals surface area contributed by atoms with E-state index >= 15 is 0 Å². The molecule has 0 bridgehead atoms. The minimum absolute atomic E-state index is 0.140. The summed E-state index contributed by atoms with van der Waals surface area (Å²) in [6.07, 6.45) is 4.66. The van der Waals surface area contributed by atoms with E-state index in [2.05, 4.69) is 0 Å². The molecule has 3 fully saturated rings. The number of fused-ring (bicyclic) bond motifs is 2.